The van der Waals surface area contributed by atoms with E-state index in [1.165, 1.54) is 66.5 Å². The van der Waals surface area contributed by atoms with Crippen molar-refractivity contribution in [2.75, 3.05) is 0 Å². The maximum atomic E-state index is 2.60. The zero-order valence-electron chi connectivity index (χ0n) is 23.7. The molecule has 0 N–H and O–H groups in total. The van der Waals surface area contributed by atoms with Crippen molar-refractivity contribution in [2.45, 2.75) is 83.1 Å². The maximum Gasteiger partial charge on any atom is 0.102 e. The average molecular weight is 452 g/mol. The van der Waals surface area contributed by atoms with Crippen LogP contribution in [0.15, 0.2) is 48.4 Å². The van der Waals surface area contributed by atoms with E-state index in [1.807, 2.05) is 0 Å². The van der Waals surface area contributed by atoms with Gasteiger partial charge in [0.1, 0.15) is 6.15 Å². The third-order valence-electron chi connectivity index (χ3n) is 7.47. The highest BCUT2D eigenvalue weighted by molar-refractivity contribution is 7.16. The van der Waals surface area contributed by atoms with Crippen molar-refractivity contribution in [1.82, 2.24) is 0 Å². The molecule has 0 heterocycles. The van der Waals surface area contributed by atoms with Crippen LogP contribution in [0.5, 0.6) is 0 Å². The molecule has 0 nitrogen and oxygen atoms in total. The summed E-state index contributed by atoms with van der Waals surface area (Å²) in [6.45, 7) is 27.5. The summed E-state index contributed by atoms with van der Waals surface area (Å²) in [5.41, 5.74) is 16.8. The standard InChI is InChI=1S/C33H44B/c1-21-15-24(4)30(25(5)16-21)34(14-13-33(10,11)12,31-26(6)17-22(2)18-27(31)7)32-28(8)19-23(3)20-29(32)9/h13-20H,1-12H3/q-1. The lowest BCUT2D eigenvalue weighted by Gasteiger charge is -2.48. The van der Waals surface area contributed by atoms with E-state index in [2.05, 4.69) is 132 Å². The van der Waals surface area contributed by atoms with Crippen molar-refractivity contribution in [3.63, 3.8) is 0 Å². The average Bonchev–Trinajstić information content (AvgIpc) is 2.63. The summed E-state index contributed by atoms with van der Waals surface area (Å²) in [5, 5.41) is 0. The molecule has 0 fully saturated rings. The second-order valence-corrected chi connectivity index (χ2v) is 12.1. The van der Waals surface area contributed by atoms with Crippen molar-refractivity contribution in [1.29, 1.82) is 0 Å². The predicted molar refractivity (Wildman–Crippen MR) is 155 cm³/mol. The zero-order valence-corrected chi connectivity index (χ0v) is 23.7. The Morgan fingerprint density at radius 3 is 0.912 bits per heavy atom. The van der Waals surface area contributed by atoms with Crippen LogP contribution in [0.25, 0.3) is 0 Å². The topological polar surface area (TPSA) is 0 Å². The Labute approximate surface area is 209 Å². The molecule has 34 heavy (non-hydrogen) atoms. The molecule has 0 atom stereocenters. The first-order chi connectivity index (χ1) is 15.7. The quantitative estimate of drug-likeness (QED) is 0.372. The Bertz CT molecular complexity index is 1060. The molecule has 180 valence electrons. The molecule has 3 rings (SSSR count). The summed E-state index contributed by atoms with van der Waals surface area (Å²) >= 11 is 0. The number of rotatable bonds is 4. The minimum atomic E-state index is -1.35. The highest BCUT2D eigenvalue weighted by Crippen LogP contribution is 2.25. The number of benzene rings is 3. The molecule has 0 saturated carbocycles. The molecule has 0 spiro atoms. The van der Waals surface area contributed by atoms with Crippen LogP contribution in [0.1, 0.15) is 70.8 Å². The summed E-state index contributed by atoms with van der Waals surface area (Å²) in [7, 11) is 0. The summed E-state index contributed by atoms with van der Waals surface area (Å²) in [5.74, 6) is 2.60. The molecular weight excluding hydrogens is 407 g/mol. The molecule has 0 amide bonds. The van der Waals surface area contributed by atoms with E-state index in [9.17, 15) is 0 Å². The molecular formula is C33H44B-. The van der Waals surface area contributed by atoms with E-state index >= 15 is 0 Å². The van der Waals surface area contributed by atoms with Crippen LogP contribution in [0.3, 0.4) is 0 Å². The van der Waals surface area contributed by atoms with E-state index < -0.39 is 6.15 Å². The lowest BCUT2D eigenvalue weighted by Crippen LogP contribution is -2.70. The van der Waals surface area contributed by atoms with Gasteiger partial charge in [0.05, 0.1) is 0 Å². The third-order valence-corrected chi connectivity index (χ3v) is 7.47. The van der Waals surface area contributed by atoms with Gasteiger partial charge in [0, 0.05) is 0 Å². The Morgan fingerprint density at radius 2 is 0.706 bits per heavy atom. The van der Waals surface area contributed by atoms with Gasteiger partial charge in [-0.15, -0.1) is 6.08 Å². The van der Waals surface area contributed by atoms with Crippen molar-refractivity contribution >= 4 is 22.5 Å². The minimum absolute atomic E-state index is 0.0819. The third kappa shape index (κ3) is 4.81. The largest absolute Gasteiger partial charge is 0.235 e. The first-order valence-corrected chi connectivity index (χ1v) is 12.8. The molecule has 3 aromatic carbocycles. The second-order valence-electron chi connectivity index (χ2n) is 12.1. The molecule has 3 aromatic rings. The van der Waals surface area contributed by atoms with Gasteiger partial charge < -0.3 is 0 Å². The van der Waals surface area contributed by atoms with Gasteiger partial charge in [-0.25, -0.2) is 5.98 Å². The normalized spacial score (nSPS) is 12.6. The van der Waals surface area contributed by atoms with E-state index in [1.54, 1.807) is 0 Å². The van der Waals surface area contributed by atoms with E-state index in [4.69, 9.17) is 0 Å². The summed E-state index contributed by atoms with van der Waals surface area (Å²) in [6, 6.07) is 14.3. The second kappa shape index (κ2) is 9.25. The first-order valence-electron chi connectivity index (χ1n) is 12.8. The zero-order chi connectivity index (χ0) is 25.6. The van der Waals surface area contributed by atoms with E-state index in [0.717, 1.165) is 0 Å². The Balaban J connectivity index is 2.70. The fraction of sp³-hybridized carbons (Fsp3) is 0.394. The highest BCUT2D eigenvalue weighted by atomic mass is 14.2. The molecule has 0 aliphatic carbocycles. The highest BCUT2D eigenvalue weighted by Gasteiger charge is 2.34. The van der Waals surface area contributed by atoms with E-state index in [-0.39, 0.29) is 5.41 Å². The predicted octanol–water partition coefficient (Wildman–Crippen LogP) is 7.07. The number of allylic oxidation sites excluding steroid dienone is 1. The van der Waals surface area contributed by atoms with Gasteiger partial charge in [-0.3, -0.25) is 0 Å². The van der Waals surface area contributed by atoms with Gasteiger partial charge >= 0.3 is 0 Å². The van der Waals surface area contributed by atoms with Crippen LogP contribution in [0.2, 0.25) is 0 Å². The summed E-state index contributed by atoms with van der Waals surface area (Å²) in [6.07, 6.45) is 1.11. The Hall–Kier alpha value is -2.54. The van der Waals surface area contributed by atoms with Gasteiger partial charge in [-0.1, -0.05) is 107 Å². The van der Waals surface area contributed by atoms with Gasteiger partial charge in [0.15, 0.2) is 0 Å². The Kier molecular flexibility index (Phi) is 7.10. The lowest BCUT2D eigenvalue weighted by atomic mass is 9.13. The summed E-state index contributed by atoms with van der Waals surface area (Å²) in [4.78, 5) is 0. The molecule has 0 radical (unpaired) electrons. The molecule has 0 saturated heterocycles. The van der Waals surface area contributed by atoms with Crippen molar-refractivity contribution in [3.05, 3.63) is 98.5 Å². The summed E-state index contributed by atoms with van der Waals surface area (Å²) < 4.78 is 0. The fourth-order valence-electron chi connectivity index (χ4n) is 6.88. The van der Waals surface area contributed by atoms with Crippen molar-refractivity contribution in [2.24, 2.45) is 5.41 Å². The van der Waals surface area contributed by atoms with Gasteiger partial charge in [-0.05, 0) is 67.7 Å². The lowest BCUT2D eigenvalue weighted by molar-refractivity contribution is 0.545. The fourth-order valence-corrected chi connectivity index (χ4v) is 6.88. The molecule has 0 bridgehead atoms. The number of hydrogen-bond donors (Lipinski definition) is 0. The van der Waals surface area contributed by atoms with Crippen molar-refractivity contribution < 1.29 is 0 Å². The van der Waals surface area contributed by atoms with Crippen LogP contribution in [0, 0.1) is 67.7 Å². The van der Waals surface area contributed by atoms with Crippen LogP contribution >= 0.6 is 0 Å². The van der Waals surface area contributed by atoms with Crippen LogP contribution < -0.4 is 16.4 Å². The monoisotopic (exact) mass is 451 g/mol. The molecule has 0 unspecified atom stereocenters. The minimum Gasteiger partial charge on any atom is -0.235 e. The molecule has 0 aromatic heterocycles. The maximum absolute atomic E-state index is 2.60. The molecule has 0 aliphatic heterocycles. The smallest absolute Gasteiger partial charge is 0.102 e. The van der Waals surface area contributed by atoms with Crippen LogP contribution in [-0.2, 0) is 0 Å². The van der Waals surface area contributed by atoms with Gasteiger partial charge in [0.25, 0.3) is 0 Å². The van der Waals surface area contributed by atoms with Crippen LogP contribution in [0.4, 0.5) is 0 Å². The first kappa shape index (κ1) is 26.1. The van der Waals surface area contributed by atoms with Crippen LogP contribution in [-0.4, -0.2) is 6.15 Å². The Morgan fingerprint density at radius 1 is 0.471 bits per heavy atom. The van der Waals surface area contributed by atoms with Crippen molar-refractivity contribution in [3.8, 4) is 0 Å². The SMILES string of the molecule is Cc1cc(C)c([B-](C=CC(C)(C)C)(c2c(C)cc(C)cc2C)c2c(C)cc(C)cc2C)c(C)c1. The van der Waals surface area contributed by atoms with Gasteiger partial charge in [0.2, 0.25) is 0 Å². The molecule has 0 aliphatic rings. The number of aryl methyl sites for hydroxylation is 9. The van der Waals surface area contributed by atoms with Gasteiger partial charge in [-0.2, -0.15) is 16.4 Å². The molecule has 1 heteroatoms. The number of hydrogen-bond acceptors (Lipinski definition) is 0. The van der Waals surface area contributed by atoms with E-state index in [0.29, 0.717) is 0 Å².